The van der Waals surface area contributed by atoms with Gasteiger partial charge in [0.15, 0.2) is 0 Å². The van der Waals surface area contributed by atoms with Gasteiger partial charge in [0.25, 0.3) is 0 Å². The number of nitriles is 1. The van der Waals surface area contributed by atoms with E-state index in [4.69, 9.17) is 4.99 Å². The van der Waals surface area contributed by atoms with Crippen LogP contribution in [-0.2, 0) is 19.9 Å². The molecule has 2 aromatic carbocycles. The van der Waals surface area contributed by atoms with Crippen LogP contribution < -0.4 is 0 Å². The van der Waals surface area contributed by atoms with Crippen molar-refractivity contribution < 1.29 is 0 Å². The Balaban J connectivity index is 1.69. The van der Waals surface area contributed by atoms with Gasteiger partial charge < -0.3 is 4.57 Å². The van der Waals surface area contributed by atoms with Crippen LogP contribution in [0, 0.1) is 11.3 Å². The van der Waals surface area contributed by atoms with Crippen LogP contribution in [0.2, 0.25) is 0 Å². The fraction of sp³-hybridized carbons (Fsp3) is 0.200. The van der Waals surface area contributed by atoms with Gasteiger partial charge in [0.1, 0.15) is 11.1 Å². The summed E-state index contributed by atoms with van der Waals surface area (Å²) in [6.07, 6.45) is 6.43. The molecule has 1 aliphatic carbocycles. The monoisotopic (exact) mass is 395 g/mol. The molecule has 0 amide bonds. The maximum absolute atomic E-state index is 9.75. The fourth-order valence-electron chi connectivity index (χ4n) is 4.38. The average Bonchev–Trinajstić information content (AvgIpc) is 3.27. The number of thiophene rings is 1. The Labute approximate surface area is 174 Å². The van der Waals surface area contributed by atoms with Crippen LogP contribution in [0.3, 0.4) is 0 Å². The Morgan fingerprint density at radius 3 is 2.62 bits per heavy atom. The van der Waals surface area contributed by atoms with E-state index >= 15 is 0 Å². The van der Waals surface area contributed by atoms with E-state index in [2.05, 4.69) is 66.2 Å². The molecule has 0 unspecified atom stereocenters. The fourth-order valence-corrected chi connectivity index (χ4v) is 5.56. The van der Waals surface area contributed by atoms with Crippen LogP contribution in [0.1, 0.15) is 34.4 Å². The second-order valence-corrected chi connectivity index (χ2v) is 8.55. The molecule has 142 valence electrons. The molecular weight excluding hydrogens is 374 g/mol. The Bertz CT molecular complexity index is 1270. The van der Waals surface area contributed by atoms with Crippen molar-refractivity contribution in [2.24, 2.45) is 12.0 Å². The summed E-state index contributed by atoms with van der Waals surface area (Å²) in [5, 5.41) is 11.8. The average molecular weight is 396 g/mol. The van der Waals surface area contributed by atoms with E-state index in [-0.39, 0.29) is 0 Å². The van der Waals surface area contributed by atoms with Gasteiger partial charge in [0.05, 0.1) is 11.3 Å². The van der Waals surface area contributed by atoms with Crippen molar-refractivity contribution in [3.8, 4) is 17.3 Å². The summed E-state index contributed by atoms with van der Waals surface area (Å²) in [6.45, 7) is 0. The van der Waals surface area contributed by atoms with Gasteiger partial charge in [-0.05, 0) is 42.9 Å². The summed E-state index contributed by atoms with van der Waals surface area (Å²) < 4.78 is 2.23. The second kappa shape index (κ2) is 7.35. The number of rotatable bonds is 3. The standard InChI is InChI=1S/C25H21N3S/c1-28-22-13-7-5-11-18(22)21(24(28)17-9-3-2-4-10-17)16-27-25-20(15-26)19-12-6-8-14-23(19)29-25/h2-5,7,9-11,13,16H,6,8,12,14H2,1H3. The van der Waals surface area contributed by atoms with Gasteiger partial charge in [-0.2, -0.15) is 5.26 Å². The summed E-state index contributed by atoms with van der Waals surface area (Å²) in [6, 6.07) is 21.3. The molecule has 0 radical (unpaired) electrons. The maximum atomic E-state index is 9.75. The summed E-state index contributed by atoms with van der Waals surface area (Å²) in [7, 11) is 2.10. The van der Waals surface area contributed by atoms with E-state index in [9.17, 15) is 5.26 Å². The number of fused-ring (bicyclic) bond motifs is 2. The molecule has 2 heterocycles. The lowest BCUT2D eigenvalue weighted by Crippen LogP contribution is -1.99. The van der Waals surface area contributed by atoms with Crippen LogP contribution in [0.4, 0.5) is 5.00 Å². The minimum Gasteiger partial charge on any atom is -0.343 e. The van der Waals surface area contributed by atoms with Crippen LogP contribution in [0.25, 0.3) is 22.2 Å². The number of aliphatic imine (C=N–C) groups is 1. The third kappa shape index (κ3) is 2.99. The lowest BCUT2D eigenvalue weighted by molar-refractivity contribution is 0.696. The quantitative estimate of drug-likeness (QED) is 0.370. The van der Waals surface area contributed by atoms with Crippen LogP contribution in [-0.4, -0.2) is 10.8 Å². The van der Waals surface area contributed by atoms with Crippen molar-refractivity contribution >= 4 is 33.5 Å². The first-order valence-corrected chi connectivity index (χ1v) is 10.8. The summed E-state index contributed by atoms with van der Waals surface area (Å²) in [5.41, 5.74) is 6.61. The highest BCUT2D eigenvalue weighted by Gasteiger charge is 2.21. The number of hydrogen-bond donors (Lipinski definition) is 0. The third-order valence-corrected chi connectivity index (χ3v) is 6.97. The first-order chi connectivity index (χ1) is 14.3. The molecule has 0 atom stereocenters. The van der Waals surface area contributed by atoms with Gasteiger partial charge in [-0.3, -0.25) is 0 Å². The third-order valence-electron chi connectivity index (χ3n) is 5.77. The molecule has 4 aromatic rings. The zero-order chi connectivity index (χ0) is 19.8. The minimum atomic E-state index is 0.780. The smallest absolute Gasteiger partial charge is 0.134 e. The summed E-state index contributed by atoms with van der Waals surface area (Å²) >= 11 is 1.69. The zero-order valence-corrected chi connectivity index (χ0v) is 17.2. The van der Waals surface area contributed by atoms with Gasteiger partial charge in [0.2, 0.25) is 0 Å². The predicted molar refractivity (Wildman–Crippen MR) is 121 cm³/mol. The molecule has 2 aromatic heterocycles. The highest BCUT2D eigenvalue weighted by Crippen LogP contribution is 2.40. The Kier molecular flexibility index (Phi) is 4.54. The number of hydrogen-bond acceptors (Lipinski definition) is 3. The van der Waals surface area contributed by atoms with E-state index in [1.54, 1.807) is 11.3 Å². The van der Waals surface area contributed by atoms with E-state index in [0.29, 0.717) is 0 Å². The molecule has 0 spiro atoms. The SMILES string of the molecule is Cn1c(-c2ccccc2)c(C=Nc2sc3c(c2C#N)CCCC3)c2ccccc21. The summed E-state index contributed by atoms with van der Waals surface area (Å²) in [5.74, 6) is 0. The summed E-state index contributed by atoms with van der Waals surface area (Å²) in [4.78, 5) is 6.21. The minimum absolute atomic E-state index is 0.780. The molecule has 5 rings (SSSR count). The van der Waals surface area contributed by atoms with E-state index < -0.39 is 0 Å². The molecule has 4 heteroatoms. The molecule has 0 fully saturated rings. The van der Waals surface area contributed by atoms with Gasteiger partial charge >= 0.3 is 0 Å². The number of nitrogens with zero attached hydrogens (tertiary/aromatic N) is 3. The lowest BCUT2D eigenvalue weighted by atomic mass is 9.96. The van der Waals surface area contributed by atoms with E-state index in [0.717, 1.165) is 34.7 Å². The highest BCUT2D eigenvalue weighted by molar-refractivity contribution is 7.16. The first-order valence-electron chi connectivity index (χ1n) is 9.99. The predicted octanol–water partition coefficient (Wildman–Crippen LogP) is 6.41. The van der Waals surface area contributed by atoms with Gasteiger partial charge in [-0.25, -0.2) is 4.99 Å². The first kappa shape index (κ1) is 17.9. The zero-order valence-electron chi connectivity index (χ0n) is 16.4. The van der Waals surface area contributed by atoms with Crippen LogP contribution in [0.5, 0.6) is 0 Å². The van der Waals surface area contributed by atoms with Gasteiger partial charge in [-0.1, -0.05) is 48.5 Å². The Morgan fingerprint density at radius 1 is 1.03 bits per heavy atom. The maximum Gasteiger partial charge on any atom is 0.134 e. The number of para-hydroxylation sites is 1. The molecular formula is C25H21N3S. The van der Waals surface area contributed by atoms with Crippen LogP contribution >= 0.6 is 11.3 Å². The molecule has 0 bridgehead atoms. The van der Waals surface area contributed by atoms with Crippen molar-refractivity contribution in [2.45, 2.75) is 25.7 Å². The number of aromatic nitrogens is 1. The topological polar surface area (TPSA) is 41.1 Å². The lowest BCUT2D eigenvalue weighted by Gasteiger charge is -2.09. The van der Waals surface area contributed by atoms with Gasteiger partial charge in [-0.15, -0.1) is 11.3 Å². The van der Waals surface area contributed by atoms with Crippen molar-refractivity contribution in [3.05, 3.63) is 76.2 Å². The number of aryl methyl sites for hydroxylation is 2. The largest absolute Gasteiger partial charge is 0.343 e. The van der Waals surface area contributed by atoms with Crippen LogP contribution in [0.15, 0.2) is 59.6 Å². The molecule has 1 aliphatic rings. The molecule has 0 aliphatic heterocycles. The van der Waals surface area contributed by atoms with Crippen molar-refractivity contribution in [2.75, 3.05) is 0 Å². The Morgan fingerprint density at radius 2 is 1.79 bits per heavy atom. The van der Waals surface area contributed by atoms with E-state index in [1.807, 2.05) is 12.3 Å². The normalized spacial score (nSPS) is 13.7. The van der Waals surface area contributed by atoms with Crippen molar-refractivity contribution in [1.82, 2.24) is 4.57 Å². The molecule has 0 N–H and O–H groups in total. The molecule has 29 heavy (non-hydrogen) atoms. The second-order valence-electron chi connectivity index (χ2n) is 7.47. The van der Waals surface area contributed by atoms with E-state index in [1.165, 1.54) is 39.7 Å². The highest BCUT2D eigenvalue weighted by atomic mass is 32.1. The van der Waals surface area contributed by atoms with Crippen molar-refractivity contribution in [3.63, 3.8) is 0 Å². The van der Waals surface area contributed by atoms with Gasteiger partial charge in [0, 0.05) is 34.6 Å². The Hall–Kier alpha value is -3.16. The number of benzene rings is 2. The van der Waals surface area contributed by atoms with Crippen molar-refractivity contribution in [1.29, 1.82) is 5.26 Å². The molecule has 3 nitrogen and oxygen atoms in total. The molecule has 0 saturated carbocycles. The molecule has 0 saturated heterocycles.